The summed E-state index contributed by atoms with van der Waals surface area (Å²) in [5, 5.41) is 2.80. The number of halogens is 1. The molecule has 122 valence electrons. The molecule has 1 N–H and O–H groups in total. The van der Waals surface area contributed by atoms with Crippen molar-refractivity contribution in [1.29, 1.82) is 0 Å². The van der Waals surface area contributed by atoms with Crippen LogP contribution in [-0.4, -0.2) is 22.6 Å². The molecule has 0 fully saturated rings. The normalized spacial score (nSPS) is 10.4. The zero-order chi connectivity index (χ0) is 16.9. The van der Waals surface area contributed by atoms with Gasteiger partial charge in [-0.2, -0.15) is 0 Å². The van der Waals surface area contributed by atoms with Gasteiger partial charge in [0.1, 0.15) is 11.6 Å². The number of carbonyl (C=O) groups is 1. The molecule has 0 aliphatic heterocycles. The summed E-state index contributed by atoms with van der Waals surface area (Å²) < 4.78 is 20.4. The Morgan fingerprint density at radius 2 is 2.12 bits per heavy atom. The van der Waals surface area contributed by atoms with Crippen molar-refractivity contribution in [2.45, 2.75) is 6.54 Å². The first kappa shape index (κ1) is 15.7. The van der Waals surface area contributed by atoms with Gasteiger partial charge in [0.05, 0.1) is 24.7 Å². The van der Waals surface area contributed by atoms with Crippen LogP contribution in [0.25, 0.3) is 5.69 Å². The number of ether oxygens (including phenoxy) is 1. The minimum Gasteiger partial charge on any atom is -0.496 e. The van der Waals surface area contributed by atoms with Gasteiger partial charge < -0.3 is 14.6 Å². The van der Waals surface area contributed by atoms with Crippen LogP contribution in [0, 0.1) is 5.82 Å². The van der Waals surface area contributed by atoms with Crippen molar-refractivity contribution in [3.63, 3.8) is 0 Å². The third-order valence-corrected chi connectivity index (χ3v) is 3.62. The summed E-state index contributed by atoms with van der Waals surface area (Å²) in [6.45, 7) is 0.298. The largest absolute Gasteiger partial charge is 0.496 e. The van der Waals surface area contributed by atoms with Gasteiger partial charge in [0.2, 0.25) is 0 Å². The predicted molar refractivity (Wildman–Crippen MR) is 87.7 cm³/mol. The minimum absolute atomic E-state index is 0.164. The molecule has 0 saturated heterocycles. The van der Waals surface area contributed by atoms with E-state index in [-0.39, 0.29) is 5.56 Å². The van der Waals surface area contributed by atoms with Crippen LogP contribution >= 0.6 is 0 Å². The van der Waals surface area contributed by atoms with Crippen molar-refractivity contribution >= 4 is 5.91 Å². The molecule has 0 radical (unpaired) electrons. The van der Waals surface area contributed by atoms with Gasteiger partial charge in [-0.3, -0.25) is 4.79 Å². The number of aromatic nitrogens is 2. The van der Waals surface area contributed by atoms with Gasteiger partial charge in [-0.1, -0.05) is 18.2 Å². The Morgan fingerprint density at radius 1 is 1.29 bits per heavy atom. The van der Waals surface area contributed by atoms with Crippen LogP contribution in [0.5, 0.6) is 5.75 Å². The Morgan fingerprint density at radius 3 is 2.88 bits per heavy atom. The van der Waals surface area contributed by atoms with Gasteiger partial charge in [-0.15, -0.1) is 0 Å². The molecule has 6 heteroatoms. The van der Waals surface area contributed by atoms with Crippen LogP contribution in [0.4, 0.5) is 4.39 Å². The third-order valence-electron chi connectivity index (χ3n) is 3.62. The summed E-state index contributed by atoms with van der Waals surface area (Å²) in [6, 6.07) is 11.5. The second-order valence-electron chi connectivity index (χ2n) is 5.13. The van der Waals surface area contributed by atoms with E-state index >= 15 is 0 Å². The Kier molecular flexibility index (Phi) is 4.56. The number of hydrogen-bond donors (Lipinski definition) is 1. The van der Waals surface area contributed by atoms with E-state index in [1.807, 2.05) is 35.0 Å². The number of benzene rings is 2. The predicted octanol–water partition coefficient (Wildman–Crippen LogP) is 2.95. The number of para-hydroxylation sites is 1. The van der Waals surface area contributed by atoms with Gasteiger partial charge in [0, 0.05) is 18.9 Å². The molecule has 3 rings (SSSR count). The average Bonchev–Trinajstić information content (AvgIpc) is 3.14. The molecule has 24 heavy (non-hydrogen) atoms. The van der Waals surface area contributed by atoms with Crippen LogP contribution in [0.1, 0.15) is 15.9 Å². The summed E-state index contributed by atoms with van der Waals surface area (Å²) in [5.41, 5.74) is 2.00. The number of carbonyl (C=O) groups excluding carboxylic acids is 1. The van der Waals surface area contributed by atoms with Crippen molar-refractivity contribution in [2.75, 3.05) is 7.11 Å². The van der Waals surface area contributed by atoms with Crippen molar-refractivity contribution in [3.05, 3.63) is 78.1 Å². The van der Waals surface area contributed by atoms with E-state index in [9.17, 15) is 9.18 Å². The quantitative estimate of drug-likeness (QED) is 0.785. The van der Waals surface area contributed by atoms with Crippen LogP contribution in [-0.2, 0) is 6.54 Å². The highest BCUT2D eigenvalue weighted by Crippen LogP contribution is 2.20. The molecule has 0 spiro atoms. The van der Waals surface area contributed by atoms with Crippen LogP contribution < -0.4 is 10.1 Å². The van der Waals surface area contributed by atoms with E-state index in [0.29, 0.717) is 12.3 Å². The van der Waals surface area contributed by atoms with Crippen molar-refractivity contribution < 1.29 is 13.9 Å². The Bertz CT molecular complexity index is 847. The van der Waals surface area contributed by atoms with E-state index in [0.717, 1.165) is 17.3 Å². The van der Waals surface area contributed by atoms with E-state index in [4.69, 9.17) is 4.74 Å². The highest BCUT2D eigenvalue weighted by atomic mass is 19.1. The van der Waals surface area contributed by atoms with Gasteiger partial charge in [0.15, 0.2) is 0 Å². The van der Waals surface area contributed by atoms with E-state index in [1.165, 1.54) is 19.2 Å². The fraction of sp³-hybridized carbons (Fsp3) is 0.111. The highest BCUT2D eigenvalue weighted by Gasteiger charge is 2.14. The summed E-state index contributed by atoms with van der Waals surface area (Å²) in [5.74, 6) is -0.552. The molecule has 0 atom stereocenters. The molecule has 0 aliphatic carbocycles. The van der Waals surface area contributed by atoms with Crippen molar-refractivity contribution in [1.82, 2.24) is 14.9 Å². The van der Waals surface area contributed by atoms with Crippen LogP contribution in [0.2, 0.25) is 0 Å². The Hall–Kier alpha value is -3.15. The molecule has 0 aliphatic rings. The second kappa shape index (κ2) is 6.95. The molecule has 1 aromatic heterocycles. The maximum atomic E-state index is 13.4. The number of hydrogen-bond acceptors (Lipinski definition) is 3. The third kappa shape index (κ3) is 3.27. The summed E-state index contributed by atoms with van der Waals surface area (Å²) >= 11 is 0. The van der Waals surface area contributed by atoms with Gasteiger partial charge in [-0.05, 0) is 29.8 Å². The zero-order valence-electron chi connectivity index (χ0n) is 13.1. The fourth-order valence-corrected chi connectivity index (χ4v) is 2.44. The zero-order valence-corrected chi connectivity index (χ0v) is 13.1. The van der Waals surface area contributed by atoms with Crippen LogP contribution in [0.3, 0.4) is 0 Å². The SMILES string of the molecule is COc1ccc(F)cc1C(=O)NCc1ccccc1-n1ccnc1. The Labute approximate surface area is 138 Å². The molecule has 0 saturated carbocycles. The first-order valence-electron chi connectivity index (χ1n) is 7.37. The number of nitrogens with one attached hydrogen (secondary N) is 1. The first-order chi connectivity index (χ1) is 11.7. The molecular weight excluding hydrogens is 309 g/mol. The topological polar surface area (TPSA) is 56.1 Å². The maximum Gasteiger partial charge on any atom is 0.255 e. The average molecular weight is 325 g/mol. The molecular formula is C18H16FN3O2. The molecule has 3 aromatic rings. The van der Waals surface area contributed by atoms with Gasteiger partial charge in [-0.25, -0.2) is 9.37 Å². The van der Waals surface area contributed by atoms with E-state index in [2.05, 4.69) is 10.3 Å². The fourth-order valence-electron chi connectivity index (χ4n) is 2.44. The molecule has 1 heterocycles. The summed E-state index contributed by atoms with van der Waals surface area (Å²) in [4.78, 5) is 16.4. The smallest absolute Gasteiger partial charge is 0.255 e. The Balaban J connectivity index is 1.80. The standard InChI is InChI=1S/C18H16FN3O2/c1-24-17-7-6-14(19)10-15(17)18(23)21-11-13-4-2-3-5-16(13)22-9-8-20-12-22/h2-10,12H,11H2,1H3,(H,21,23). The van der Waals surface area contributed by atoms with E-state index < -0.39 is 11.7 Å². The second-order valence-corrected chi connectivity index (χ2v) is 5.13. The van der Waals surface area contributed by atoms with Gasteiger partial charge >= 0.3 is 0 Å². The molecule has 0 unspecified atom stereocenters. The summed E-state index contributed by atoms with van der Waals surface area (Å²) in [6.07, 6.45) is 5.21. The lowest BCUT2D eigenvalue weighted by Gasteiger charge is -2.12. The lowest BCUT2D eigenvalue weighted by Crippen LogP contribution is -2.24. The minimum atomic E-state index is -0.486. The number of methoxy groups -OCH3 is 1. The highest BCUT2D eigenvalue weighted by molar-refractivity contribution is 5.96. The maximum absolute atomic E-state index is 13.4. The first-order valence-corrected chi connectivity index (χ1v) is 7.37. The summed E-state index contributed by atoms with van der Waals surface area (Å²) in [7, 11) is 1.44. The lowest BCUT2D eigenvalue weighted by atomic mass is 10.1. The van der Waals surface area contributed by atoms with Crippen molar-refractivity contribution in [3.8, 4) is 11.4 Å². The lowest BCUT2D eigenvalue weighted by molar-refractivity contribution is 0.0947. The number of imidazole rings is 1. The molecule has 0 bridgehead atoms. The molecule has 2 aromatic carbocycles. The molecule has 1 amide bonds. The number of amides is 1. The monoisotopic (exact) mass is 325 g/mol. The van der Waals surface area contributed by atoms with Gasteiger partial charge in [0.25, 0.3) is 5.91 Å². The van der Waals surface area contributed by atoms with Crippen molar-refractivity contribution in [2.24, 2.45) is 0 Å². The van der Waals surface area contributed by atoms with Crippen LogP contribution in [0.15, 0.2) is 61.2 Å². The van der Waals surface area contributed by atoms with E-state index in [1.54, 1.807) is 12.5 Å². The number of nitrogens with zero attached hydrogens (tertiary/aromatic N) is 2. The number of rotatable bonds is 5. The molecule has 5 nitrogen and oxygen atoms in total.